The molecule has 0 amide bonds. The minimum absolute atomic E-state index is 0.0386. The molecule has 0 fully saturated rings. The molecule has 2 aromatic rings. The summed E-state index contributed by atoms with van der Waals surface area (Å²) in [4.78, 5) is 4.52. The number of halogens is 1. The van der Waals surface area contributed by atoms with Crippen LogP contribution in [0.3, 0.4) is 0 Å². The smallest absolute Gasteiger partial charge is 0.166 e. The average molecular weight is 318 g/mol. The van der Waals surface area contributed by atoms with E-state index >= 15 is 0 Å². The van der Waals surface area contributed by atoms with Gasteiger partial charge in [-0.15, -0.1) is 0 Å². The van der Waals surface area contributed by atoms with E-state index in [1.807, 2.05) is 18.2 Å². The largest absolute Gasteiger partial charge is 0.504 e. The van der Waals surface area contributed by atoms with Gasteiger partial charge in [0, 0.05) is 22.9 Å². The Morgan fingerprint density at radius 3 is 2.73 bits per heavy atom. The highest BCUT2D eigenvalue weighted by molar-refractivity contribution is 6.31. The highest BCUT2D eigenvalue weighted by Gasteiger charge is 2.10. The van der Waals surface area contributed by atoms with E-state index < -0.39 is 0 Å². The fourth-order valence-corrected chi connectivity index (χ4v) is 2.45. The van der Waals surface area contributed by atoms with Gasteiger partial charge in [-0.1, -0.05) is 43.6 Å². The maximum Gasteiger partial charge on any atom is 0.166 e. The van der Waals surface area contributed by atoms with E-state index in [1.54, 1.807) is 18.3 Å². The summed E-state index contributed by atoms with van der Waals surface area (Å²) in [5.41, 5.74) is 2.62. The molecule has 0 heterocycles. The molecule has 4 heteroatoms. The molecule has 1 N–H and O–H groups in total. The van der Waals surface area contributed by atoms with Gasteiger partial charge in [0.2, 0.25) is 0 Å². The van der Waals surface area contributed by atoms with Gasteiger partial charge in [-0.05, 0) is 30.0 Å². The van der Waals surface area contributed by atoms with Gasteiger partial charge < -0.3 is 9.84 Å². The van der Waals surface area contributed by atoms with Gasteiger partial charge in [0.25, 0.3) is 0 Å². The van der Waals surface area contributed by atoms with Gasteiger partial charge in [-0.25, -0.2) is 0 Å². The van der Waals surface area contributed by atoms with Crippen molar-refractivity contribution in [3.63, 3.8) is 0 Å². The third kappa shape index (κ3) is 3.60. The van der Waals surface area contributed by atoms with Crippen molar-refractivity contribution in [1.29, 1.82) is 0 Å². The molecule has 3 nitrogen and oxygen atoms in total. The van der Waals surface area contributed by atoms with Crippen LogP contribution in [0.15, 0.2) is 41.4 Å². The average Bonchev–Trinajstić information content (AvgIpc) is 2.54. The summed E-state index contributed by atoms with van der Waals surface area (Å²) in [6, 6.07) is 11.3. The molecule has 0 spiro atoms. The van der Waals surface area contributed by atoms with Crippen LogP contribution in [-0.2, 0) is 0 Å². The molecular weight excluding hydrogens is 298 g/mol. The fraction of sp³-hybridized carbons (Fsp3) is 0.278. The topological polar surface area (TPSA) is 41.8 Å². The minimum atomic E-state index is 0.0386. The van der Waals surface area contributed by atoms with Crippen molar-refractivity contribution >= 4 is 23.5 Å². The highest BCUT2D eigenvalue weighted by Crippen LogP contribution is 2.33. The van der Waals surface area contributed by atoms with Crippen LogP contribution in [0.2, 0.25) is 5.02 Å². The third-order valence-electron chi connectivity index (χ3n) is 3.71. The van der Waals surface area contributed by atoms with Crippen LogP contribution in [-0.4, -0.2) is 18.4 Å². The van der Waals surface area contributed by atoms with Gasteiger partial charge in [-0.2, -0.15) is 0 Å². The second-order valence-corrected chi connectivity index (χ2v) is 5.61. The van der Waals surface area contributed by atoms with Crippen molar-refractivity contribution in [3.8, 4) is 11.5 Å². The molecule has 0 aliphatic carbocycles. The molecule has 0 aliphatic rings. The van der Waals surface area contributed by atoms with Crippen molar-refractivity contribution in [2.75, 3.05) is 7.11 Å². The van der Waals surface area contributed by atoms with E-state index in [0.717, 1.165) is 12.1 Å². The van der Waals surface area contributed by atoms with Crippen LogP contribution in [0.5, 0.6) is 11.5 Å². The van der Waals surface area contributed by atoms with Gasteiger partial charge in [0.1, 0.15) is 0 Å². The molecule has 116 valence electrons. The highest BCUT2D eigenvalue weighted by atomic mass is 35.5. The first-order valence-electron chi connectivity index (χ1n) is 7.26. The van der Waals surface area contributed by atoms with Crippen molar-refractivity contribution < 1.29 is 9.84 Å². The molecule has 22 heavy (non-hydrogen) atoms. The van der Waals surface area contributed by atoms with E-state index in [2.05, 4.69) is 24.9 Å². The van der Waals surface area contributed by atoms with E-state index in [-0.39, 0.29) is 5.75 Å². The summed E-state index contributed by atoms with van der Waals surface area (Å²) < 4.78 is 5.10. The molecule has 0 saturated heterocycles. The van der Waals surface area contributed by atoms with E-state index in [4.69, 9.17) is 16.3 Å². The number of aliphatic imine (C=N–C) groups is 1. The number of phenols is 1. The summed E-state index contributed by atoms with van der Waals surface area (Å²) in [6.07, 6.45) is 2.66. The molecule has 2 aromatic carbocycles. The van der Waals surface area contributed by atoms with Crippen molar-refractivity contribution in [2.45, 2.75) is 26.2 Å². The van der Waals surface area contributed by atoms with Crippen LogP contribution < -0.4 is 4.74 Å². The first kappa shape index (κ1) is 16.4. The quantitative estimate of drug-likeness (QED) is 0.758. The number of para-hydroxylation sites is 1. The first-order valence-corrected chi connectivity index (χ1v) is 7.64. The molecule has 1 unspecified atom stereocenters. The molecule has 0 aromatic heterocycles. The Morgan fingerprint density at radius 2 is 2.05 bits per heavy atom. The van der Waals surface area contributed by atoms with Gasteiger partial charge >= 0.3 is 0 Å². The third-order valence-corrected chi connectivity index (χ3v) is 3.93. The van der Waals surface area contributed by atoms with Gasteiger partial charge in [0.05, 0.1) is 12.8 Å². The van der Waals surface area contributed by atoms with Gasteiger partial charge in [0.15, 0.2) is 11.5 Å². The van der Waals surface area contributed by atoms with Crippen LogP contribution in [0.1, 0.15) is 37.3 Å². The Hall–Kier alpha value is -2.00. The summed E-state index contributed by atoms with van der Waals surface area (Å²) in [5, 5.41) is 10.6. The number of nitrogens with zero attached hydrogens (tertiary/aromatic N) is 1. The van der Waals surface area contributed by atoms with E-state index in [9.17, 15) is 5.11 Å². The molecule has 0 saturated carbocycles. The molecule has 1 atom stereocenters. The van der Waals surface area contributed by atoms with Gasteiger partial charge in [-0.3, -0.25) is 4.99 Å². The molecule has 0 bridgehead atoms. The summed E-state index contributed by atoms with van der Waals surface area (Å²) in [6.45, 7) is 4.33. The van der Waals surface area contributed by atoms with E-state index in [1.165, 1.54) is 12.7 Å². The van der Waals surface area contributed by atoms with Crippen LogP contribution >= 0.6 is 11.6 Å². The maximum absolute atomic E-state index is 10.1. The Labute approximate surface area is 136 Å². The number of hydrogen-bond donors (Lipinski definition) is 1. The monoisotopic (exact) mass is 317 g/mol. The number of aromatic hydroxyl groups is 1. The lowest BCUT2D eigenvalue weighted by Gasteiger charge is -2.12. The molecule has 2 rings (SSSR count). The molecule has 0 radical (unpaired) electrons. The summed E-state index contributed by atoms with van der Waals surface area (Å²) in [5.74, 6) is 0.802. The number of ether oxygens (including phenoxy) is 1. The number of phenolic OH excluding ortho intramolecular Hbond substituents is 1. The van der Waals surface area contributed by atoms with Crippen LogP contribution in [0.4, 0.5) is 5.69 Å². The number of rotatable bonds is 5. The van der Waals surface area contributed by atoms with Crippen molar-refractivity contribution in [3.05, 3.63) is 52.5 Å². The van der Waals surface area contributed by atoms with Crippen molar-refractivity contribution in [1.82, 2.24) is 0 Å². The Kier molecular flexibility index (Phi) is 5.45. The Morgan fingerprint density at radius 1 is 1.32 bits per heavy atom. The number of methoxy groups -OCH3 is 1. The SMILES string of the molecule is CCC(C)c1ccccc1N=Cc1cc(Cl)cc(OC)c1O. The second kappa shape index (κ2) is 7.32. The van der Waals surface area contributed by atoms with Crippen LogP contribution in [0.25, 0.3) is 0 Å². The minimum Gasteiger partial charge on any atom is -0.504 e. The Bertz CT molecular complexity index is 683. The number of benzene rings is 2. The zero-order valence-corrected chi connectivity index (χ0v) is 13.8. The fourth-order valence-electron chi connectivity index (χ4n) is 2.23. The van der Waals surface area contributed by atoms with Crippen molar-refractivity contribution in [2.24, 2.45) is 4.99 Å². The maximum atomic E-state index is 10.1. The summed E-state index contributed by atoms with van der Waals surface area (Å²) >= 11 is 6.03. The lowest BCUT2D eigenvalue weighted by atomic mass is 9.97. The molecular formula is C18H20ClNO2. The molecule has 0 aliphatic heterocycles. The lowest BCUT2D eigenvalue weighted by molar-refractivity contribution is 0.373. The zero-order chi connectivity index (χ0) is 16.1. The Balaban J connectivity index is 2.40. The predicted molar refractivity (Wildman–Crippen MR) is 92.1 cm³/mol. The first-order chi connectivity index (χ1) is 10.6. The predicted octanol–water partition coefficient (Wildman–Crippen LogP) is 5.32. The number of hydrogen-bond acceptors (Lipinski definition) is 3. The lowest BCUT2D eigenvalue weighted by Crippen LogP contribution is -1.92. The van der Waals surface area contributed by atoms with E-state index in [0.29, 0.717) is 22.3 Å². The van der Waals surface area contributed by atoms with Crippen LogP contribution in [0, 0.1) is 0 Å². The normalized spacial score (nSPS) is 12.5. The second-order valence-electron chi connectivity index (χ2n) is 5.17. The summed E-state index contributed by atoms with van der Waals surface area (Å²) in [7, 11) is 1.49. The zero-order valence-electron chi connectivity index (χ0n) is 13.0. The standard InChI is InChI=1S/C18H20ClNO2/c1-4-12(2)15-7-5-6-8-16(15)20-11-13-9-14(19)10-17(22-3)18(13)21/h5-12,21H,4H2,1-3H3.